The van der Waals surface area contributed by atoms with E-state index in [2.05, 4.69) is 16.0 Å². The second kappa shape index (κ2) is 6.22. The molecule has 1 aliphatic rings. The summed E-state index contributed by atoms with van der Waals surface area (Å²) < 4.78 is 0. The van der Waals surface area contributed by atoms with Crippen LogP contribution in [-0.2, 0) is 14.4 Å². The van der Waals surface area contributed by atoms with Crippen LogP contribution in [-0.4, -0.2) is 36.9 Å². The van der Waals surface area contributed by atoms with Gasteiger partial charge in [0.05, 0.1) is 12.6 Å². The summed E-state index contributed by atoms with van der Waals surface area (Å²) in [5.74, 6) is -0.732. The Bertz CT molecular complexity index is 291. The van der Waals surface area contributed by atoms with E-state index in [0.717, 1.165) is 6.42 Å². The van der Waals surface area contributed by atoms with Crippen molar-refractivity contribution in [1.82, 2.24) is 16.0 Å². The highest BCUT2D eigenvalue weighted by Crippen LogP contribution is 2.03. The van der Waals surface area contributed by atoms with Gasteiger partial charge < -0.3 is 5.32 Å². The lowest BCUT2D eigenvalue weighted by molar-refractivity contribution is -0.134. The van der Waals surface area contributed by atoms with E-state index in [1.165, 1.54) is 0 Å². The molecule has 1 aliphatic heterocycles. The van der Waals surface area contributed by atoms with Gasteiger partial charge in [-0.1, -0.05) is 6.92 Å². The molecule has 1 unspecified atom stereocenters. The average Bonchev–Trinajstić information content (AvgIpc) is 2.25. The molecule has 1 atom stereocenters. The van der Waals surface area contributed by atoms with Gasteiger partial charge in [0.2, 0.25) is 17.7 Å². The molecule has 1 heterocycles. The number of carbonyl (C=O) groups is 3. The summed E-state index contributed by atoms with van der Waals surface area (Å²) in [6, 6.07) is -0.440. The van der Waals surface area contributed by atoms with Gasteiger partial charge in [0.1, 0.15) is 0 Å². The third kappa shape index (κ3) is 3.98. The molecule has 1 rings (SSSR count). The molecule has 1 saturated heterocycles. The Kier molecular flexibility index (Phi) is 4.91. The largest absolute Gasteiger partial charge is 0.355 e. The summed E-state index contributed by atoms with van der Waals surface area (Å²) in [7, 11) is 0. The van der Waals surface area contributed by atoms with Crippen molar-refractivity contribution in [2.75, 3.05) is 13.1 Å². The number of imide groups is 1. The van der Waals surface area contributed by atoms with Gasteiger partial charge in [0.15, 0.2) is 0 Å². The van der Waals surface area contributed by atoms with E-state index >= 15 is 0 Å². The molecule has 3 amide bonds. The van der Waals surface area contributed by atoms with Crippen molar-refractivity contribution in [3.05, 3.63) is 0 Å². The third-order valence-electron chi connectivity index (χ3n) is 2.32. The predicted molar refractivity (Wildman–Crippen MR) is 57.5 cm³/mol. The fraction of sp³-hybridized carbons (Fsp3) is 0.700. The minimum absolute atomic E-state index is 0.103. The van der Waals surface area contributed by atoms with Crippen molar-refractivity contribution >= 4 is 17.7 Å². The van der Waals surface area contributed by atoms with Gasteiger partial charge in [-0.2, -0.15) is 0 Å². The Labute approximate surface area is 94.2 Å². The Morgan fingerprint density at radius 1 is 1.50 bits per heavy atom. The van der Waals surface area contributed by atoms with Gasteiger partial charge in [-0.3, -0.25) is 25.0 Å². The molecule has 0 aromatic rings. The van der Waals surface area contributed by atoms with Gasteiger partial charge in [0.25, 0.3) is 0 Å². The topological polar surface area (TPSA) is 87.3 Å². The van der Waals surface area contributed by atoms with Crippen molar-refractivity contribution in [2.24, 2.45) is 0 Å². The van der Waals surface area contributed by atoms with Gasteiger partial charge in [-0.15, -0.1) is 0 Å². The van der Waals surface area contributed by atoms with E-state index in [1.807, 2.05) is 6.92 Å². The first-order valence-electron chi connectivity index (χ1n) is 5.47. The molecule has 6 heteroatoms. The van der Waals surface area contributed by atoms with E-state index in [-0.39, 0.29) is 24.3 Å². The van der Waals surface area contributed by atoms with E-state index in [0.29, 0.717) is 19.4 Å². The molecule has 0 radical (unpaired) electrons. The summed E-state index contributed by atoms with van der Waals surface area (Å²) in [5.41, 5.74) is 0. The van der Waals surface area contributed by atoms with Crippen LogP contribution in [0.3, 0.4) is 0 Å². The summed E-state index contributed by atoms with van der Waals surface area (Å²) in [6.45, 7) is 2.70. The number of carbonyl (C=O) groups excluding carboxylic acids is 3. The maximum Gasteiger partial charge on any atom is 0.243 e. The third-order valence-corrected chi connectivity index (χ3v) is 2.32. The lowest BCUT2D eigenvalue weighted by atomic mass is 10.1. The van der Waals surface area contributed by atoms with Crippen molar-refractivity contribution in [3.8, 4) is 0 Å². The fourth-order valence-corrected chi connectivity index (χ4v) is 1.43. The van der Waals surface area contributed by atoms with Crippen LogP contribution in [0, 0.1) is 0 Å². The number of hydrogen-bond acceptors (Lipinski definition) is 4. The number of amides is 3. The Balaban J connectivity index is 2.24. The van der Waals surface area contributed by atoms with Crippen molar-refractivity contribution in [1.29, 1.82) is 0 Å². The minimum Gasteiger partial charge on any atom is -0.355 e. The smallest absolute Gasteiger partial charge is 0.243 e. The molecule has 0 spiro atoms. The number of piperidine rings is 1. The highest BCUT2D eigenvalue weighted by Gasteiger charge is 2.26. The Hall–Kier alpha value is -1.43. The van der Waals surface area contributed by atoms with Crippen LogP contribution in [0.1, 0.15) is 26.2 Å². The first-order valence-corrected chi connectivity index (χ1v) is 5.47. The molecule has 0 aromatic heterocycles. The summed E-state index contributed by atoms with van der Waals surface area (Å²) in [5, 5.41) is 7.74. The molecule has 0 aromatic carbocycles. The van der Waals surface area contributed by atoms with Crippen LogP contribution in [0.5, 0.6) is 0 Å². The van der Waals surface area contributed by atoms with E-state index in [1.54, 1.807) is 0 Å². The van der Waals surface area contributed by atoms with Gasteiger partial charge in [-0.25, -0.2) is 0 Å². The zero-order valence-corrected chi connectivity index (χ0v) is 9.34. The fourth-order valence-electron chi connectivity index (χ4n) is 1.43. The molecule has 6 nitrogen and oxygen atoms in total. The molecule has 90 valence electrons. The van der Waals surface area contributed by atoms with Crippen molar-refractivity contribution in [2.45, 2.75) is 32.2 Å². The maximum atomic E-state index is 11.3. The molecule has 3 N–H and O–H groups in total. The lowest BCUT2D eigenvalue weighted by Gasteiger charge is -2.21. The molecular weight excluding hydrogens is 210 g/mol. The number of rotatable bonds is 5. The quantitative estimate of drug-likeness (QED) is 0.521. The van der Waals surface area contributed by atoms with E-state index < -0.39 is 6.04 Å². The first kappa shape index (κ1) is 12.6. The SMILES string of the molecule is CCCNC(=O)CNC1CCC(=O)NC1=O. The van der Waals surface area contributed by atoms with Crippen LogP contribution in [0.15, 0.2) is 0 Å². The van der Waals surface area contributed by atoms with Gasteiger partial charge in [-0.05, 0) is 12.8 Å². The normalized spacial score (nSPS) is 20.4. The van der Waals surface area contributed by atoms with E-state index in [9.17, 15) is 14.4 Å². The van der Waals surface area contributed by atoms with E-state index in [4.69, 9.17) is 0 Å². The molecule has 1 fully saturated rings. The zero-order valence-electron chi connectivity index (χ0n) is 9.34. The van der Waals surface area contributed by atoms with Crippen LogP contribution in [0.4, 0.5) is 0 Å². The average molecular weight is 227 g/mol. The second-order valence-electron chi connectivity index (χ2n) is 3.73. The first-order chi connectivity index (χ1) is 7.63. The van der Waals surface area contributed by atoms with Gasteiger partial charge in [0, 0.05) is 13.0 Å². The lowest BCUT2D eigenvalue weighted by Crippen LogP contribution is -2.52. The molecule has 0 saturated carbocycles. The summed E-state index contributed by atoms with van der Waals surface area (Å²) in [4.78, 5) is 33.4. The maximum absolute atomic E-state index is 11.3. The van der Waals surface area contributed by atoms with Crippen molar-refractivity contribution in [3.63, 3.8) is 0 Å². The van der Waals surface area contributed by atoms with Crippen molar-refractivity contribution < 1.29 is 14.4 Å². The van der Waals surface area contributed by atoms with Crippen LogP contribution < -0.4 is 16.0 Å². The predicted octanol–water partition coefficient (Wildman–Crippen LogP) is -1.09. The summed E-state index contributed by atoms with van der Waals surface area (Å²) in [6.07, 6.45) is 1.65. The second-order valence-corrected chi connectivity index (χ2v) is 3.73. The molecule has 0 bridgehead atoms. The van der Waals surface area contributed by atoms with Crippen LogP contribution in [0.25, 0.3) is 0 Å². The highest BCUT2D eigenvalue weighted by molar-refractivity contribution is 6.00. The Morgan fingerprint density at radius 2 is 2.25 bits per heavy atom. The van der Waals surface area contributed by atoms with Gasteiger partial charge >= 0.3 is 0 Å². The standard InChI is InChI=1S/C10H17N3O3/c1-2-5-11-9(15)6-12-7-3-4-8(14)13-10(7)16/h7,12H,2-6H2,1H3,(H,11,15)(H,13,14,16). The molecule has 16 heavy (non-hydrogen) atoms. The summed E-state index contributed by atoms with van der Waals surface area (Å²) >= 11 is 0. The number of hydrogen-bond donors (Lipinski definition) is 3. The monoisotopic (exact) mass is 227 g/mol. The minimum atomic E-state index is -0.440. The number of nitrogens with one attached hydrogen (secondary N) is 3. The molecule has 0 aliphatic carbocycles. The zero-order chi connectivity index (χ0) is 12.0. The Morgan fingerprint density at radius 3 is 2.88 bits per heavy atom. The molecular formula is C10H17N3O3. The van der Waals surface area contributed by atoms with Crippen LogP contribution >= 0.6 is 0 Å². The highest BCUT2D eigenvalue weighted by atomic mass is 16.2. The van der Waals surface area contributed by atoms with Crippen LogP contribution in [0.2, 0.25) is 0 Å².